The molecule has 0 bridgehead atoms. The number of fused-ring (bicyclic) bond motifs is 1. The van der Waals surface area contributed by atoms with Crippen molar-refractivity contribution in [3.8, 4) is 11.3 Å². The molecule has 182 valence electrons. The molecular weight excluding hydrogens is 474 g/mol. The summed E-state index contributed by atoms with van der Waals surface area (Å²) in [5, 5.41) is 6.00. The Kier molecular flexibility index (Phi) is 6.39. The van der Waals surface area contributed by atoms with Crippen molar-refractivity contribution in [2.24, 2.45) is 5.73 Å². The highest BCUT2D eigenvalue weighted by atomic mass is 32.1. The highest BCUT2D eigenvalue weighted by Crippen LogP contribution is 2.32. The molecule has 2 aromatic heterocycles. The molecule has 4 aromatic rings. The van der Waals surface area contributed by atoms with Gasteiger partial charge in [0.25, 0.3) is 11.5 Å². The van der Waals surface area contributed by atoms with Crippen molar-refractivity contribution < 1.29 is 9.59 Å². The lowest BCUT2D eigenvalue weighted by atomic mass is 9.99. The molecule has 2 heterocycles. The van der Waals surface area contributed by atoms with Crippen LogP contribution in [0.25, 0.3) is 11.3 Å². The van der Waals surface area contributed by atoms with Gasteiger partial charge in [-0.25, -0.2) is 4.98 Å². The number of nitrogens with two attached hydrogens (primary N) is 1. The van der Waals surface area contributed by atoms with Crippen LogP contribution in [0.4, 0.5) is 17.2 Å². The van der Waals surface area contributed by atoms with E-state index in [1.165, 1.54) is 29.5 Å². The predicted octanol–water partition coefficient (Wildman–Crippen LogP) is 4.78. The monoisotopic (exact) mass is 499 g/mol. The van der Waals surface area contributed by atoms with Gasteiger partial charge in [0.05, 0.1) is 10.6 Å². The van der Waals surface area contributed by atoms with E-state index in [1.807, 2.05) is 31.2 Å². The molecule has 2 aromatic carbocycles. The number of aromatic nitrogens is 2. The molecule has 1 aliphatic rings. The van der Waals surface area contributed by atoms with Gasteiger partial charge in [-0.3, -0.25) is 14.4 Å². The molecule has 5 N–H and O–H groups in total. The number of carbonyl (C=O) groups is 2. The van der Waals surface area contributed by atoms with Crippen molar-refractivity contribution in [3.63, 3.8) is 0 Å². The number of benzene rings is 2. The zero-order valence-electron chi connectivity index (χ0n) is 19.7. The van der Waals surface area contributed by atoms with Gasteiger partial charge in [-0.2, -0.15) is 0 Å². The van der Waals surface area contributed by atoms with Gasteiger partial charge in [0.15, 0.2) is 5.82 Å². The van der Waals surface area contributed by atoms with E-state index in [0.29, 0.717) is 22.6 Å². The zero-order valence-corrected chi connectivity index (χ0v) is 20.5. The number of rotatable bonds is 6. The van der Waals surface area contributed by atoms with Crippen LogP contribution < -0.4 is 21.9 Å². The summed E-state index contributed by atoms with van der Waals surface area (Å²) in [5.41, 5.74) is 9.87. The van der Waals surface area contributed by atoms with E-state index in [2.05, 4.69) is 20.6 Å². The summed E-state index contributed by atoms with van der Waals surface area (Å²) in [7, 11) is 0. The van der Waals surface area contributed by atoms with Gasteiger partial charge in [0.1, 0.15) is 0 Å². The molecule has 0 unspecified atom stereocenters. The number of aromatic amines is 1. The quantitative estimate of drug-likeness (QED) is 0.303. The number of primary amides is 1. The Morgan fingerprint density at radius 1 is 1.08 bits per heavy atom. The number of nitrogens with one attached hydrogen (secondary N) is 3. The van der Waals surface area contributed by atoms with Crippen LogP contribution in [-0.4, -0.2) is 21.8 Å². The number of carbonyl (C=O) groups excluding carboxylic acids is 2. The second kappa shape index (κ2) is 9.79. The van der Waals surface area contributed by atoms with E-state index < -0.39 is 11.5 Å². The fourth-order valence-corrected chi connectivity index (χ4v) is 5.50. The Bertz CT molecular complexity index is 1520. The first-order valence-electron chi connectivity index (χ1n) is 11.7. The van der Waals surface area contributed by atoms with E-state index in [9.17, 15) is 14.4 Å². The first-order valence-corrected chi connectivity index (χ1v) is 12.5. The summed E-state index contributed by atoms with van der Waals surface area (Å²) < 4.78 is 0. The molecule has 5 rings (SSSR count). The van der Waals surface area contributed by atoms with Gasteiger partial charge in [-0.05, 0) is 74.1 Å². The van der Waals surface area contributed by atoms with Gasteiger partial charge in [0.2, 0.25) is 5.91 Å². The smallest absolute Gasteiger partial charge is 0.291 e. The van der Waals surface area contributed by atoms with Gasteiger partial charge < -0.3 is 21.4 Å². The molecule has 0 fully saturated rings. The summed E-state index contributed by atoms with van der Waals surface area (Å²) in [6.45, 7) is 1.90. The minimum Gasteiger partial charge on any atom is -0.366 e. The number of anilines is 3. The molecule has 1 aliphatic carbocycles. The van der Waals surface area contributed by atoms with Crippen molar-refractivity contribution in [2.45, 2.75) is 32.6 Å². The summed E-state index contributed by atoms with van der Waals surface area (Å²) in [4.78, 5) is 46.2. The highest BCUT2D eigenvalue weighted by Gasteiger charge is 2.19. The van der Waals surface area contributed by atoms with Gasteiger partial charge >= 0.3 is 0 Å². The highest BCUT2D eigenvalue weighted by molar-refractivity contribution is 7.14. The van der Waals surface area contributed by atoms with Crippen LogP contribution >= 0.6 is 11.3 Å². The third-order valence-corrected chi connectivity index (χ3v) is 7.51. The summed E-state index contributed by atoms with van der Waals surface area (Å²) in [5.74, 6) is -0.612. The lowest BCUT2D eigenvalue weighted by Crippen LogP contribution is -2.15. The molecule has 0 aliphatic heterocycles. The molecule has 0 saturated heterocycles. The maximum atomic E-state index is 13.0. The van der Waals surface area contributed by atoms with Crippen LogP contribution in [0.15, 0.2) is 59.5 Å². The molecule has 8 nitrogen and oxygen atoms in total. The average Bonchev–Trinajstić information content (AvgIpc) is 3.32. The van der Waals surface area contributed by atoms with E-state index in [-0.39, 0.29) is 11.7 Å². The third-order valence-electron chi connectivity index (χ3n) is 6.28. The third kappa shape index (κ3) is 4.78. The lowest BCUT2D eigenvalue weighted by molar-refractivity contribution is 0.0998. The second-order valence-electron chi connectivity index (χ2n) is 8.73. The van der Waals surface area contributed by atoms with Crippen molar-refractivity contribution in [1.82, 2.24) is 9.97 Å². The number of thiophene rings is 1. The normalized spacial score (nSPS) is 12.6. The van der Waals surface area contributed by atoms with Gasteiger partial charge in [-0.1, -0.05) is 18.2 Å². The maximum Gasteiger partial charge on any atom is 0.291 e. The number of hydrogen-bond acceptors (Lipinski definition) is 6. The minimum atomic E-state index is -0.563. The molecule has 36 heavy (non-hydrogen) atoms. The minimum absolute atomic E-state index is 0.0760. The number of H-pyrrole nitrogens is 1. The van der Waals surface area contributed by atoms with Crippen LogP contribution in [0.5, 0.6) is 0 Å². The average molecular weight is 500 g/mol. The van der Waals surface area contributed by atoms with Crippen LogP contribution in [0.3, 0.4) is 0 Å². The van der Waals surface area contributed by atoms with E-state index in [0.717, 1.165) is 28.8 Å². The first-order chi connectivity index (χ1) is 17.4. The SMILES string of the molecule is Cc1c(NC(=O)c2cc3c(s2)CCCC3)cccc1-c1c[nH]c(=O)c(Nc2cccc(C(N)=O)c2)n1. The fourth-order valence-electron chi connectivity index (χ4n) is 4.35. The van der Waals surface area contributed by atoms with Crippen LogP contribution in [0.2, 0.25) is 0 Å². The van der Waals surface area contributed by atoms with Crippen molar-refractivity contribution in [2.75, 3.05) is 10.6 Å². The van der Waals surface area contributed by atoms with Crippen molar-refractivity contribution >= 4 is 40.3 Å². The second-order valence-corrected chi connectivity index (χ2v) is 9.87. The van der Waals surface area contributed by atoms with Crippen LogP contribution in [0, 0.1) is 6.92 Å². The topological polar surface area (TPSA) is 130 Å². The number of amides is 2. The molecule has 0 spiro atoms. The number of hydrogen-bond donors (Lipinski definition) is 4. The standard InChI is InChI=1S/C27H25N5O3S/c1-15-19(9-5-10-20(15)32-26(34)23-13-16-6-2-3-11-22(16)36-23)21-14-29-27(35)25(31-21)30-18-8-4-7-17(12-18)24(28)33/h4-5,7-10,12-14H,2-3,6,11H2,1H3,(H2,28,33)(H,29,35)(H,30,31)(H,32,34). The van der Waals surface area contributed by atoms with Crippen LogP contribution in [0.1, 0.15) is 48.9 Å². The lowest BCUT2D eigenvalue weighted by Gasteiger charge is -2.13. The molecule has 9 heteroatoms. The van der Waals surface area contributed by atoms with Gasteiger partial charge in [0, 0.05) is 33.6 Å². The van der Waals surface area contributed by atoms with Gasteiger partial charge in [-0.15, -0.1) is 11.3 Å². The summed E-state index contributed by atoms with van der Waals surface area (Å²) in [6.07, 6.45) is 5.97. The Balaban J connectivity index is 1.41. The number of nitrogens with zero attached hydrogens (tertiary/aromatic N) is 1. The zero-order chi connectivity index (χ0) is 25.2. The largest absolute Gasteiger partial charge is 0.366 e. The molecule has 0 radical (unpaired) electrons. The number of aryl methyl sites for hydroxylation is 2. The maximum absolute atomic E-state index is 13.0. The molecule has 0 atom stereocenters. The summed E-state index contributed by atoms with van der Waals surface area (Å²) in [6, 6.07) is 14.1. The summed E-state index contributed by atoms with van der Waals surface area (Å²) >= 11 is 1.57. The Morgan fingerprint density at radius 2 is 1.89 bits per heavy atom. The van der Waals surface area contributed by atoms with Crippen molar-refractivity contribution in [1.29, 1.82) is 0 Å². The molecule has 0 saturated carbocycles. The van der Waals surface area contributed by atoms with Crippen molar-refractivity contribution in [3.05, 3.63) is 91.5 Å². The molecule has 2 amide bonds. The Hall–Kier alpha value is -4.24. The Labute approximate surface area is 211 Å². The van der Waals surface area contributed by atoms with E-state index in [1.54, 1.807) is 35.6 Å². The van der Waals surface area contributed by atoms with Crippen LogP contribution in [-0.2, 0) is 12.8 Å². The Morgan fingerprint density at radius 3 is 2.69 bits per heavy atom. The van der Waals surface area contributed by atoms with E-state index >= 15 is 0 Å². The fraction of sp³-hybridized carbons (Fsp3) is 0.185. The van der Waals surface area contributed by atoms with E-state index in [4.69, 9.17) is 5.73 Å². The first kappa shape index (κ1) is 23.5. The predicted molar refractivity (Wildman–Crippen MR) is 142 cm³/mol. The molecular formula is C27H25N5O3S.